The van der Waals surface area contributed by atoms with E-state index >= 15 is 0 Å². The van der Waals surface area contributed by atoms with E-state index in [4.69, 9.17) is 4.74 Å². The Morgan fingerprint density at radius 2 is 1.75 bits per heavy atom. The maximum atomic E-state index is 10.5. The largest absolute Gasteiger partial charge is 0.630 e. The van der Waals surface area contributed by atoms with E-state index in [0.29, 0.717) is 5.69 Å². The molecule has 1 rings (SSSR count). The molecule has 0 heterocycles. The van der Waals surface area contributed by atoms with Crippen LogP contribution >= 0.6 is 0 Å². The first kappa shape index (κ1) is 9.03. The summed E-state index contributed by atoms with van der Waals surface area (Å²) in [5.41, 5.74) is 3.55. The Morgan fingerprint density at radius 3 is 2.08 bits per heavy atom. The number of ether oxygens (including phenoxy) is 1. The first-order chi connectivity index (χ1) is 5.69. The Labute approximate surface area is 71.9 Å². The van der Waals surface area contributed by atoms with E-state index in [0.717, 1.165) is 22.4 Å². The van der Waals surface area contributed by atoms with Gasteiger partial charge in [0.1, 0.15) is 11.4 Å². The van der Waals surface area contributed by atoms with Crippen LogP contribution < -0.4 is 10.2 Å². The maximum Gasteiger partial charge on any atom is 0.130 e. The van der Waals surface area contributed by atoms with Gasteiger partial charge < -0.3 is 15.4 Å². The second-order valence-electron chi connectivity index (χ2n) is 2.81. The molecule has 66 valence electrons. The van der Waals surface area contributed by atoms with E-state index in [1.807, 2.05) is 26.0 Å². The van der Waals surface area contributed by atoms with Gasteiger partial charge in [-0.05, 0) is 25.0 Å². The second kappa shape index (κ2) is 3.56. The van der Waals surface area contributed by atoms with Crippen LogP contribution in [0.1, 0.15) is 11.1 Å². The molecule has 0 aliphatic rings. The van der Waals surface area contributed by atoms with Crippen LogP contribution in [0, 0.1) is 19.1 Å². The number of hydrogen-bond donors (Lipinski definition) is 1. The molecule has 0 saturated heterocycles. The second-order valence-corrected chi connectivity index (χ2v) is 2.81. The monoisotopic (exact) mass is 167 g/mol. The van der Waals surface area contributed by atoms with Crippen LogP contribution in [0.3, 0.4) is 0 Å². The summed E-state index contributed by atoms with van der Waals surface area (Å²) in [6, 6.07) is 3.64. The topological polar surface area (TPSA) is 48.9 Å². The van der Waals surface area contributed by atoms with Crippen LogP contribution in [0.15, 0.2) is 12.1 Å². The first-order valence-electron chi connectivity index (χ1n) is 3.79. The Kier molecular flexibility index (Phi) is 2.68. The molecule has 0 aliphatic heterocycles. The Morgan fingerprint density at radius 1 is 1.25 bits per heavy atom. The predicted octanol–water partition coefficient (Wildman–Crippen LogP) is 1.00. The smallest absolute Gasteiger partial charge is 0.130 e. The molecule has 2 N–H and O–H groups in total. The number of nitrogens with two attached hydrogens (primary N) is 1. The minimum absolute atomic E-state index is 0.700. The quantitative estimate of drug-likeness (QED) is 0.527. The van der Waals surface area contributed by atoms with Gasteiger partial charge in [-0.2, -0.15) is 0 Å². The van der Waals surface area contributed by atoms with Gasteiger partial charge in [0.2, 0.25) is 0 Å². The van der Waals surface area contributed by atoms with Crippen molar-refractivity contribution in [3.63, 3.8) is 0 Å². The van der Waals surface area contributed by atoms with E-state index in [1.165, 1.54) is 0 Å². The molecule has 0 bridgehead atoms. The highest BCUT2D eigenvalue weighted by Gasteiger charge is 2.04. The summed E-state index contributed by atoms with van der Waals surface area (Å²) in [5, 5.41) is 10.5. The third-order valence-electron chi connectivity index (χ3n) is 1.82. The molecule has 3 heteroatoms. The van der Waals surface area contributed by atoms with Gasteiger partial charge in [0.25, 0.3) is 0 Å². The predicted molar refractivity (Wildman–Crippen MR) is 47.4 cm³/mol. The molecule has 0 radical (unpaired) electrons. The zero-order valence-corrected chi connectivity index (χ0v) is 7.55. The Hall–Kier alpha value is -1.06. The van der Waals surface area contributed by atoms with Crippen molar-refractivity contribution in [2.45, 2.75) is 13.8 Å². The van der Waals surface area contributed by atoms with Gasteiger partial charge in [-0.15, -0.1) is 0 Å². The number of benzene rings is 1. The summed E-state index contributed by atoms with van der Waals surface area (Å²) < 4.78 is 5.16. The minimum atomic E-state index is 0.700. The van der Waals surface area contributed by atoms with E-state index in [2.05, 4.69) is 0 Å². The van der Waals surface area contributed by atoms with Gasteiger partial charge in [0.15, 0.2) is 0 Å². The van der Waals surface area contributed by atoms with Crippen molar-refractivity contribution in [1.29, 1.82) is 0 Å². The molecule has 0 spiro atoms. The van der Waals surface area contributed by atoms with E-state index in [-0.39, 0.29) is 0 Å². The van der Waals surface area contributed by atoms with Crippen LogP contribution in [-0.4, -0.2) is 7.11 Å². The molecule has 0 aliphatic carbocycles. The Bertz CT molecular complexity index is 261. The van der Waals surface area contributed by atoms with Crippen molar-refractivity contribution in [3.05, 3.63) is 28.5 Å². The van der Waals surface area contributed by atoms with Crippen LogP contribution in [0.2, 0.25) is 0 Å². The highest BCUT2D eigenvalue weighted by molar-refractivity contribution is 5.48. The molecule has 0 aromatic heterocycles. The lowest BCUT2D eigenvalue weighted by atomic mass is 10.1. The van der Waals surface area contributed by atoms with Gasteiger partial charge >= 0.3 is 0 Å². The van der Waals surface area contributed by atoms with Crippen LogP contribution in [0.5, 0.6) is 5.75 Å². The number of methoxy groups -OCH3 is 1. The fourth-order valence-electron chi connectivity index (χ4n) is 1.37. The van der Waals surface area contributed by atoms with Crippen molar-refractivity contribution >= 4 is 5.69 Å². The molecule has 1 aromatic rings. The van der Waals surface area contributed by atoms with E-state index in [1.54, 1.807) is 7.11 Å². The summed E-state index contributed by atoms with van der Waals surface area (Å²) >= 11 is 0. The molecule has 0 atom stereocenters. The van der Waals surface area contributed by atoms with Crippen molar-refractivity contribution in [2.24, 2.45) is 0 Å². The number of rotatable bonds is 2. The normalized spacial score (nSPS) is 10.0. The third kappa shape index (κ3) is 1.57. The third-order valence-corrected chi connectivity index (χ3v) is 1.82. The molecular weight excluding hydrogens is 154 g/mol. The molecular formula is C9H13NO2. The fraction of sp³-hybridized carbons (Fsp3) is 0.333. The maximum absolute atomic E-state index is 10.5. The molecule has 1 aromatic carbocycles. The van der Waals surface area contributed by atoms with Gasteiger partial charge in [0.05, 0.1) is 7.11 Å². The van der Waals surface area contributed by atoms with Crippen molar-refractivity contribution in [2.75, 3.05) is 7.11 Å². The molecule has 0 fully saturated rings. The zero-order chi connectivity index (χ0) is 9.14. The summed E-state index contributed by atoms with van der Waals surface area (Å²) in [6.07, 6.45) is 0. The SMILES string of the molecule is COc1c(C)cc([NH2+][O-])cc1C. The number of aryl methyl sites for hydroxylation is 2. The van der Waals surface area contributed by atoms with E-state index in [9.17, 15) is 5.21 Å². The summed E-state index contributed by atoms with van der Waals surface area (Å²) in [6.45, 7) is 3.86. The average molecular weight is 167 g/mol. The minimum Gasteiger partial charge on any atom is -0.630 e. The van der Waals surface area contributed by atoms with Crippen LogP contribution in [0.4, 0.5) is 5.69 Å². The molecule has 0 amide bonds. The lowest BCUT2D eigenvalue weighted by molar-refractivity contribution is -0.497. The lowest BCUT2D eigenvalue weighted by Crippen LogP contribution is -2.70. The molecule has 0 unspecified atom stereocenters. The average Bonchev–Trinajstić information content (AvgIpc) is 2.03. The highest BCUT2D eigenvalue weighted by atomic mass is 16.5. The lowest BCUT2D eigenvalue weighted by Gasteiger charge is -2.10. The standard InChI is InChI=1S/C9H13NO2/c1-6-4-8(10-11)5-7(2)9(6)12-3/h4-5H,10H2,1-3H3. The first-order valence-corrected chi connectivity index (χ1v) is 3.79. The number of quaternary nitrogens is 1. The van der Waals surface area contributed by atoms with Crippen LogP contribution in [-0.2, 0) is 0 Å². The van der Waals surface area contributed by atoms with Crippen molar-refractivity contribution in [1.82, 2.24) is 0 Å². The Balaban J connectivity index is 3.18. The van der Waals surface area contributed by atoms with Crippen LogP contribution in [0.25, 0.3) is 0 Å². The van der Waals surface area contributed by atoms with Gasteiger partial charge in [-0.25, -0.2) is 0 Å². The fourth-order valence-corrected chi connectivity index (χ4v) is 1.37. The highest BCUT2D eigenvalue weighted by Crippen LogP contribution is 2.24. The van der Waals surface area contributed by atoms with Gasteiger partial charge in [0, 0.05) is 12.1 Å². The summed E-state index contributed by atoms with van der Waals surface area (Å²) in [7, 11) is 1.63. The molecule has 12 heavy (non-hydrogen) atoms. The van der Waals surface area contributed by atoms with E-state index < -0.39 is 0 Å². The summed E-state index contributed by atoms with van der Waals surface area (Å²) in [5.74, 6) is 0.862. The molecule has 3 nitrogen and oxygen atoms in total. The molecule has 0 saturated carbocycles. The number of hydrogen-bond acceptors (Lipinski definition) is 2. The van der Waals surface area contributed by atoms with Gasteiger partial charge in [-0.1, -0.05) is 0 Å². The summed E-state index contributed by atoms with van der Waals surface area (Å²) in [4.78, 5) is 0. The van der Waals surface area contributed by atoms with Crippen molar-refractivity contribution < 1.29 is 10.2 Å². The van der Waals surface area contributed by atoms with Crippen molar-refractivity contribution in [3.8, 4) is 5.75 Å². The van der Waals surface area contributed by atoms with Gasteiger partial charge in [-0.3, -0.25) is 0 Å². The zero-order valence-electron chi connectivity index (χ0n) is 7.55.